The number of hydrogen-bond donors (Lipinski definition) is 11. The van der Waals surface area contributed by atoms with Crippen molar-refractivity contribution in [1.82, 2.24) is 16.0 Å². The molecule has 0 bridgehead atoms. The van der Waals surface area contributed by atoms with Gasteiger partial charge in [0.2, 0.25) is 5.91 Å². The molecule has 0 radical (unpaired) electrons. The van der Waals surface area contributed by atoms with E-state index in [1.165, 1.54) is 7.11 Å². The maximum Gasteiger partial charge on any atom is 0.328 e. The number of fused-ring (bicyclic) bond motifs is 7. The number of carbonyl (C=O) groups is 10. The summed E-state index contributed by atoms with van der Waals surface area (Å²) in [5.41, 5.74) is -3.03. The van der Waals surface area contributed by atoms with Gasteiger partial charge in [-0.3, -0.25) is 33.6 Å². The van der Waals surface area contributed by atoms with Gasteiger partial charge < -0.3 is 90.0 Å². The first-order chi connectivity index (χ1) is 41.0. The van der Waals surface area contributed by atoms with Crippen LogP contribution in [0.4, 0.5) is 0 Å². The van der Waals surface area contributed by atoms with E-state index in [1.807, 2.05) is 26.8 Å². The molecule has 0 spiro atoms. The average molecular weight is 1250 g/mol. The number of amides is 3. The summed E-state index contributed by atoms with van der Waals surface area (Å²) in [7, 11) is 3.14. The molecule has 28 nitrogen and oxygen atoms in total. The van der Waals surface area contributed by atoms with Crippen LogP contribution in [0.25, 0.3) is 0 Å². The highest BCUT2D eigenvalue weighted by molar-refractivity contribution is 5.96. The number of ether oxygens (including phenoxy) is 7. The molecule has 28 heteroatoms. The Morgan fingerprint density at radius 1 is 0.580 bits per heavy atom. The molecule has 3 amide bonds. The average Bonchev–Trinajstić information content (AvgIpc) is 0.678. The Kier molecular flexibility index (Phi) is 21.1. The molecule has 2 aliphatic heterocycles. The number of aliphatic carboxylic acids is 3. The highest BCUT2D eigenvalue weighted by Gasteiger charge is 2.71. The summed E-state index contributed by atoms with van der Waals surface area (Å²) in [5.74, 6) is -10.7. The minimum atomic E-state index is -2.25. The van der Waals surface area contributed by atoms with E-state index < -0.39 is 198 Å². The van der Waals surface area contributed by atoms with Gasteiger partial charge in [0.05, 0.1) is 27.4 Å². The van der Waals surface area contributed by atoms with Gasteiger partial charge in [0.15, 0.2) is 30.6 Å². The fourth-order valence-corrected chi connectivity index (χ4v) is 16.2. The molecular formula is C60H89N3O25. The number of aliphatic hydroxyl groups excluding tert-OH is 5. The van der Waals surface area contributed by atoms with E-state index in [2.05, 4.69) is 43.6 Å². The van der Waals surface area contributed by atoms with Gasteiger partial charge in [0.25, 0.3) is 11.8 Å². The van der Waals surface area contributed by atoms with Gasteiger partial charge in [0.1, 0.15) is 54.7 Å². The molecule has 7 aliphatic rings. The van der Waals surface area contributed by atoms with Crippen molar-refractivity contribution in [2.24, 2.45) is 50.2 Å². The maximum atomic E-state index is 15.4. The largest absolute Gasteiger partial charge is 0.481 e. The van der Waals surface area contributed by atoms with Crippen LogP contribution < -0.4 is 16.0 Å². The number of ketones is 1. The summed E-state index contributed by atoms with van der Waals surface area (Å²) >= 11 is 0. The van der Waals surface area contributed by atoms with Gasteiger partial charge in [-0.15, -0.1) is 0 Å². The van der Waals surface area contributed by atoms with Gasteiger partial charge in [0, 0.05) is 30.6 Å². The van der Waals surface area contributed by atoms with E-state index in [-0.39, 0.29) is 42.3 Å². The van der Waals surface area contributed by atoms with Crippen molar-refractivity contribution in [2.75, 3.05) is 21.3 Å². The second-order valence-electron chi connectivity index (χ2n) is 27.2. The topological polar surface area (TPSA) is 433 Å². The Morgan fingerprint density at radius 3 is 1.56 bits per heavy atom. The summed E-state index contributed by atoms with van der Waals surface area (Å²) in [6.07, 6.45) is -18.5. The Bertz CT molecular complexity index is 2740. The van der Waals surface area contributed by atoms with Crippen molar-refractivity contribution < 1.29 is 122 Å². The first kappa shape index (κ1) is 69.7. The molecule has 7 rings (SSSR count). The normalized spacial score (nSPS) is 39.3. The van der Waals surface area contributed by atoms with Crippen LogP contribution >= 0.6 is 0 Å². The van der Waals surface area contributed by atoms with Crippen LogP contribution in [0, 0.1) is 50.2 Å². The fourth-order valence-electron chi connectivity index (χ4n) is 16.2. The molecule has 6 fully saturated rings. The minimum Gasteiger partial charge on any atom is -0.481 e. The first-order valence-electron chi connectivity index (χ1n) is 30.1. The van der Waals surface area contributed by atoms with Gasteiger partial charge in [-0.1, -0.05) is 54.0 Å². The number of carboxylic acids is 3. The third kappa shape index (κ3) is 13.2. The predicted molar refractivity (Wildman–Crippen MR) is 299 cm³/mol. The molecule has 0 aromatic carbocycles. The van der Waals surface area contributed by atoms with Crippen molar-refractivity contribution in [2.45, 2.75) is 230 Å². The van der Waals surface area contributed by atoms with Gasteiger partial charge in [-0.25, -0.2) is 14.4 Å². The van der Waals surface area contributed by atoms with E-state index in [0.717, 1.165) is 32.6 Å². The van der Waals surface area contributed by atoms with Crippen molar-refractivity contribution in [3.8, 4) is 0 Å². The number of allylic oxidation sites excluding steroid dienone is 2. The fraction of sp³-hybridized carbons (Fsp3) is 0.800. The summed E-state index contributed by atoms with van der Waals surface area (Å²) < 4.78 is 39.3. The molecule has 2 saturated heterocycles. The monoisotopic (exact) mass is 1250 g/mol. The van der Waals surface area contributed by atoms with E-state index in [0.29, 0.717) is 38.5 Å². The third-order valence-electron chi connectivity index (χ3n) is 21.6. The maximum absolute atomic E-state index is 15.4. The summed E-state index contributed by atoms with van der Waals surface area (Å²) in [6, 6.07) is -4.35. The minimum absolute atomic E-state index is 0.0622. The zero-order valence-corrected chi connectivity index (χ0v) is 51.5. The molecule has 0 aromatic rings. The number of carbonyl (C=O) groups excluding carboxylic acids is 7. The summed E-state index contributed by atoms with van der Waals surface area (Å²) in [6.45, 7) is 14.4. The third-order valence-corrected chi connectivity index (χ3v) is 21.6. The van der Waals surface area contributed by atoms with Crippen LogP contribution in [0.1, 0.15) is 145 Å². The van der Waals surface area contributed by atoms with Gasteiger partial charge in [-0.2, -0.15) is 0 Å². The van der Waals surface area contributed by atoms with Crippen LogP contribution in [0.3, 0.4) is 0 Å². The molecule has 2 heterocycles. The number of methoxy groups -OCH3 is 3. The lowest BCUT2D eigenvalue weighted by molar-refractivity contribution is -0.369. The van der Waals surface area contributed by atoms with E-state index in [9.17, 15) is 84.0 Å². The quantitative estimate of drug-likeness (QED) is 0.0401. The van der Waals surface area contributed by atoms with E-state index >= 15 is 4.79 Å². The molecule has 5 aliphatic carbocycles. The highest BCUT2D eigenvalue weighted by atomic mass is 16.8. The van der Waals surface area contributed by atoms with E-state index in [4.69, 9.17) is 33.2 Å². The smallest absolute Gasteiger partial charge is 0.328 e. The highest BCUT2D eigenvalue weighted by Crippen LogP contribution is 2.75. The standard InChI is InChI=1S/C60H89N3O25/c1-55(2)33-17-20-60(7)46(32(64)25-27-28-26-57(4,22-21-56(28,3)23-24-59(27,60)6)54(81)63-31(51(80)84-10)13-16-37(69)70)58(33,5)19-18-34(55)85-53-45(41(74)40(73)44(87-53)48(77)62-30(50(79)83-9)12-15-36(67)68)88-52-42(75)38(71)39(72)43(86-52)47(76)61-29(49(78)82-8)11-14-35(65)66/h25,28-31,33-34,38-46,52-53,71-75H,11-24,26H2,1-10H3,(H,61,76)(H,62,77)(H,63,81)(H,65,66)(H,67,68)(H,69,70). The number of esters is 3. The Morgan fingerprint density at radius 2 is 1.06 bits per heavy atom. The lowest BCUT2D eigenvalue weighted by atomic mass is 9.33. The molecule has 22 unspecified atom stereocenters. The van der Waals surface area contributed by atoms with Gasteiger partial charge in [-0.05, 0) is 122 Å². The van der Waals surface area contributed by atoms with Crippen LogP contribution in [0.2, 0.25) is 0 Å². The lowest BCUT2D eigenvalue weighted by Gasteiger charge is -2.70. The Labute approximate surface area is 509 Å². The molecule has 4 saturated carbocycles. The number of nitrogens with one attached hydrogen (secondary N) is 3. The molecule has 22 atom stereocenters. The van der Waals surface area contributed by atoms with E-state index in [1.54, 1.807) is 0 Å². The van der Waals surface area contributed by atoms with Crippen LogP contribution in [-0.2, 0) is 81.1 Å². The molecule has 494 valence electrons. The SMILES string of the molecule is COC(=O)C(CCC(=O)O)NC(=O)C1OC(OC2C(OC3CCC4(C)C(CCC5(C)C4C(=O)C=C4C6CC(C)(C(=O)NC(CCC(=O)O)C(=O)OC)CCC6(C)CCC45C)C3(C)C)OC(C(=O)NC(CCC(=O)O)C(=O)OC)C(O)C2O)C(O)C(O)C1O. The predicted octanol–water partition coefficient (Wildman–Crippen LogP) is 0.560. The molecular weight excluding hydrogens is 1160 g/mol. The van der Waals surface area contributed by atoms with Crippen molar-refractivity contribution in [3.63, 3.8) is 0 Å². The van der Waals surface area contributed by atoms with Crippen LogP contribution in [-0.4, -0.2) is 207 Å². The second-order valence-corrected chi connectivity index (χ2v) is 27.2. The summed E-state index contributed by atoms with van der Waals surface area (Å²) in [4.78, 5) is 130. The Hall–Kier alpha value is -5.72. The van der Waals surface area contributed by atoms with Crippen LogP contribution in [0.5, 0.6) is 0 Å². The Balaban J connectivity index is 1.18. The lowest BCUT2D eigenvalue weighted by Crippen LogP contribution is -2.69. The molecule has 88 heavy (non-hydrogen) atoms. The number of carboxylic acid groups (broad SMARTS) is 3. The number of rotatable bonds is 22. The first-order valence-corrected chi connectivity index (χ1v) is 30.1. The molecule has 11 N–H and O–H groups in total. The number of hydrogen-bond acceptors (Lipinski definition) is 22. The van der Waals surface area contributed by atoms with Crippen molar-refractivity contribution >= 4 is 59.3 Å². The van der Waals surface area contributed by atoms with Crippen molar-refractivity contribution in [3.05, 3.63) is 11.6 Å². The van der Waals surface area contributed by atoms with Crippen molar-refractivity contribution in [1.29, 1.82) is 0 Å². The summed E-state index contributed by atoms with van der Waals surface area (Å²) in [5, 5.41) is 92.6. The zero-order chi connectivity index (χ0) is 65.6. The number of aliphatic hydroxyl groups is 5. The van der Waals surface area contributed by atoms with Gasteiger partial charge >= 0.3 is 35.8 Å². The van der Waals surface area contributed by atoms with Crippen LogP contribution in [0.15, 0.2) is 11.6 Å². The zero-order valence-electron chi connectivity index (χ0n) is 51.5. The second kappa shape index (κ2) is 26.6. The molecule has 0 aromatic heterocycles.